The average molecular weight is 457 g/mol. The molecule has 0 radical (unpaired) electrons. The van der Waals surface area contributed by atoms with Crippen LogP contribution >= 0.6 is 11.3 Å². The maximum Gasteiger partial charge on any atom is 0.345 e. The topological polar surface area (TPSA) is 101 Å². The highest BCUT2D eigenvalue weighted by Crippen LogP contribution is 2.40. The van der Waals surface area contributed by atoms with Gasteiger partial charge in [-0.3, -0.25) is 9.20 Å². The van der Waals surface area contributed by atoms with E-state index in [1.165, 1.54) is 17.5 Å². The monoisotopic (exact) mass is 457 g/mol. The Hall–Kier alpha value is -3.45. The molecule has 0 amide bonds. The van der Waals surface area contributed by atoms with Gasteiger partial charge in [0.15, 0.2) is 5.65 Å². The lowest BCUT2D eigenvalue weighted by Crippen LogP contribution is -2.26. The Balaban J connectivity index is 1.54. The van der Waals surface area contributed by atoms with E-state index in [-0.39, 0.29) is 18.9 Å². The van der Waals surface area contributed by atoms with Crippen molar-refractivity contribution in [3.05, 3.63) is 46.2 Å². The number of ether oxygens (including phenoxy) is 1. The van der Waals surface area contributed by atoms with E-state index in [0.29, 0.717) is 33.6 Å². The van der Waals surface area contributed by atoms with Gasteiger partial charge in [-0.2, -0.15) is 4.98 Å². The molecule has 10 heteroatoms. The van der Waals surface area contributed by atoms with Crippen LogP contribution in [-0.2, 0) is 4.74 Å². The van der Waals surface area contributed by atoms with Crippen molar-refractivity contribution in [3.8, 4) is 5.97 Å². The van der Waals surface area contributed by atoms with E-state index in [0.717, 1.165) is 35.9 Å². The van der Waals surface area contributed by atoms with E-state index >= 15 is 0 Å². The minimum Gasteiger partial charge on any atom is -0.462 e. The van der Waals surface area contributed by atoms with Gasteiger partial charge in [0.1, 0.15) is 10.4 Å². The summed E-state index contributed by atoms with van der Waals surface area (Å²) >= 11 is 1.38. The molecule has 2 unspecified atom stereocenters. The largest absolute Gasteiger partial charge is 0.462 e. The number of esters is 1. The number of rotatable bonds is 3. The number of benzene rings is 1. The van der Waals surface area contributed by atoms with Gasteiger partial charge in [-0.25, -0.2) is 15.0 Å². The molecule has 33 heavy (non-hydrogen) atoms. The molecule has 4 aromatic rings. The highest BCUT2D eigenvalue weighted by atomic mass is 32.1. The van der Waals surface area contributed by atoms with Gasteiger partial charge in [-0.05, 0) is 30.9 Å². The van der Waals surface area contributed by atoms with Gasteiger partial charge in [0.05, 0.1) is 22.2 Å². The average Bonchev–Trinajstić information content (AvgIpc) is 3.50. The SMILES string of the molecule is CCOC(=O)c1c(=O)c2cnc(N3CC4CB(C#N)CC4C3)nc2n2c1sc1ccccc12. The fourth-order valence-corrected chi connectivity index (χ4v) is 6.56. The van der Waals surface area contributed by atoms with Crippen LogP contribution in [0.5, 0.6) is 0 Å². The maximum atomic E-state index is 13.4. The zero-order chi connectivity index (χ0) is 22.7. The van der Waals surface area contributed by atoms with Crippen molar-refractivity contribution in [1.82, 2.24) is 14.4 Å². The van der Waals surface area contributed by atoms with Gasteiger partial charge in [-0.1, -0.05) is 24.8 Å². The van der Waals surface area contributed by atoms with Gasteiger partial charge in [-0.15, -0.1) is 11.3 Å². The van der Waals surface area contributed by atoms with Crippen molar-refractivity contribution in [3.63, 3.8) is 0 Å². The van der Waals surface area contributed by atoms with Gasteiger partial charge < -0.3 is 9.64 Å². The van der Waals surface area contributed by atoms with Gasteiger partial charge in [0.2, 0.25) is 11.4 Å². The first kappa shape index (κ1) is 20.2. The summed E-state index contributed by atoms with van der Waals surface area (Å²) in [6.45, 7) is 3.69. The summed E-state index contributed by atoms with van der Waals surface area (Å²) in [4.78, 5) is 38.2. The summed E-state index contributed by atoms with van der Waals surface area (Å²) in [5.74, 6) is 3.32. The number of aromatic nitrogens is 3. The van der Waals surface area contributed by atoms with E-state index in [1.54, 1.807) is 6.92 Å². The Labute approximate surface area is 193 Å². The third-order valence-electron chi connectivity index (χ3n) is 6.87. The molecule has 164 valence electrons. The molecule has 2 fully saturated rings. The van der Waals surface area contributed by atoms with Crippen LogP contribution in [-0.4, -0.2) is 46.7 Å². The fourth-order valence-electron chi connectivity index (χ4n) is 5.39. The number of thiazole rings is 1. The molecule has 5 heterocycles. The van der Waals surface area contributed by atoms with Gasteiger partial charge in [0, 0.05) is 25.3 Å². The molecule has 2 atom stereocenters. The molecular formula is C23H20BN5O3S. The third-order valence-corrected chi connectivity index (χ3v) is 8.01. The normalized spacial score (nSPS) is 20.0. The van der Waals surface area contributed by atoms with Crippen LogP contribution in [0, 0.1) is 23.1 Å². The summed E-state index contributed by atoms with van der Waals surface area (Å²) in [5.41, 5.74) is 1.00. The van der Waals surface area contributed by atoms with E-state index in [1.807, 2.05) is 28.7 Å². The number of para-hydroxylation sites is 1. The molecule has 8 nitrogen and oxygen atoms in total. The third kappa shape index (κ3) is 3.03. The highest BCUT2D eigenvalue weighted by molar-refractivity contribution is 7.24. The molecule has 2 saturated heterocycles. The lowest BCUT2D eigenvalue weighted by Gasteiger charge is -2.18. The van der Waals surface area contributed by atoms with Crippen molar-refractivity contribution in [2.45, 2.75) is 19.6 Å². The molecule has 2 aliphatic heterocycles. The zero-order valence-corrected chi connectivity index (χ0v) is 18.8. The second-order valence-corrected chi connectivity index (χ2v) is 9.80. The second-order valence-electron chi connectivity index (χ2n) is 8.76. The van der Waals surface area contributed by atoms with Crippen LogP contribution in [0.1, 0.15) is 17.3 Å². The van der Waals surface area contributed by atoms with E-state index < -0.39 is 11.4 Å². The van der Waals surface area contributed by atoms with Gasteiger partial charge >= 0.3 is 5.97 Å². The van der Waals surface area contributed by atoms with E-state index in [2.05, 4.69) is 15.9 Å². The van der Waals surface area contributed by atoms with Crippen molar-refractivity contribution < 1.29 is 9.53 Å². The lowest BCUT2D eigenvalue weighted by molar-refractivity contribution is 0.0527. The van der Waals surface area contributed by atoms with Crippen LogP contribution in [0.25, 0.3) is 26.1 Å². The molecule has 0 spiro atoms. The molecule has 0 bridgehead atoms. The standard InChI is InChI=1S/C23H20BN5O3S/c1-2-32-22(31)18-19(30)15-9-26-23(28-10-13-7-24(12-25)8-14(13)11-28)27-20(15)29-16-5-3-4-6-17(16)33-21(18)29/h3-6,9,13-14H,2,7-8,10-11H2,1H3. The van der Waals surface area contributed by atoms with Crippen molar-refractivity contribution in [2.24, 2.45) is 11.8 Å². The number of hydrogen-bond acceptors (Lipinski definition) is 8. The Morgan fingerprint density at radius 1 is 1.30 bits per heavy atom. The molecule has 3 aromatic heterocycles. The fraction of sp³-hybridized carbons (Fsp3) is 0.348. The number of hydrogen-bond donors (Lipinski definition) is 0. The quantitative estimate of drug-likeness (QED) is 0.344. The lowest BCUT2D eigenvalue weighted by atomic mass is 9.49. The number of anilines is 1. The molecule has 0 N–H and O–H groups in total. The predicted molar refractivity (Wildman–Crippen MR) is 128 cm³/mol. The molecule has 1 aromatic carbocycles. The first-order valence-corrected chi connectivity index (χ1v) is 11.9. The summed E-state index contributed by atoms with van der Waals surface area (Å²) in [6, 6.07) is 7.79. The molecule has 2 aliphatic rings. The molecule has 0 saturated carbocycles. The van der Waals surface area contributed by atoms with E-state index in [4.69, 9.17) is 9.72 Å². The Morgan fingerprint density at radius 2 is 2.06 bits per heavy atom. The minimum atomic E-state index is -0.628. The second kappa shape index (κ2) is 7.56. The predicted octanol–water partition coefficient (Wildman–Crippen LogP) is 3.26. The van der Waals surface area contributed by atoms with Crippen LogP contribution < -0.4 is 10.3 Å². The van der Waals surface area contributed by atoms with E-state index in [9.17, 15) is 14.9 Å². The highest BCUT2D eigenvalue weighted by Gasteiger charge is 2.43. The number of nitriles is 1. The number of fused-ring (bicyclic) bond motifs is 6. The Kier molecular flexibility index (Phi) is 4.62. The minimum absolute atomic E-state index is 0.0279. The number of carbonyl (C=O) groups excluding carboxylic acids is 1. The zero-order valence-electron chi connectivity index (χ0n) is 18.0. The maximum absolute atomic E-state index is 13.4. The van der Waals surface area contributed by atoms with Crippen LogP contribution in [0.3, 0.4) is 0 Å². The summed E-state index contributed by atoms with van der Waals surface area (Å²) < 4.78 is 8.05. The first-order valence-electron chi connectivity index (χ1n) is 11.1. The summed E-state index contributed by atoms with van der Waals surface area (Å²) in [7, 11) is 0. The van der Waals surface area contributed by atoms with Gasteiger partial charge in [0.25, 0.3) is 6.71 Å². The molecule has 0 aliphatic carbocycles. The van der Waals surface area contributed by atoms with Crippen molar-refractivity contribution >= 4 is 56.0 Å². The summed E-state index contributed by atoms with van der Waals surface area (Å²) in [6.07, 6.45) is 3.38. The Morgan fingerprint density at radius 3 is 2.79 bits per heavy atom. The molecule has 6 rings (SSSR count). The number of pyridine rings is 1. The number of carbonyl (C=O) groups is 1. The van der Waals surface area contributed by atoms with Crippen LogP contribution in [0.2, 0.25) is 12.6 Å². The van der Waals surface area contributed by atoms with Crippen molar-refractivity contribution in [1.29, 1.82) is 5.26 Å². The van der Waals surface area contributed by atoms with Crippen LogP contribution in [0.15, 0.2) is 35.3 Å². The summed E-state index contributed by atoms with van der Waals surface area (Å²) in [5, 5.41) is 9.56. The number of nitrogens with zero attached hydrogens (tertiary/aromatic N) is 5. The molecular weight excluding hydrogens is 437 g/mol. The van der Waals surface area contributed by atoms with Crippen LogP contribution in [0.4, 0.5) is 5.95 Å². The smallest absolute Gasteiger partial charge is 0.345 e. The first-order chi connectivity index (χ1) is 16.1. The Bertz CT molecular complexity index is 1530. The van der Waals surface area contributed by atoms with Crippen molar-refractivity contribution in [2.75, 3.05) is 24.6 Å².